The number of pyridine rings is 2. The van der Waals surface area contributed by atoms with E-state index in [1.807, 2.05) is 16.9 Å². The summed E-state index contributed by atoms with van der Waals surface area (Å²) in [6.45, 7) is 13.1. The van der Waals surface area contributed by atoms with Gasteiger partial charge in [-0.05, 0) is 49.3 Å². The van der Waals surface area contributed by atoms with Crippen LogP contribution < -0.4 is 10.6 Å². The van der Waals surface area contributed by atoms with Gasteiger partial charge >= 0.3 is 0 Å². The summed E-state index contributed by atoms with van der Waals surface area (Å²) in [5.41, 5.74) is 4.33. The monoisotopic (exact) mass is 551 g/mol. The number of benzene rings is 1. The number of aromatic nitrogens is 5. The van der Waals surface area contributed by atoms with Crippen molar-refractivity contribution in [2.75, 3.05) is 17.2 Å². The van der Waals surface area contributed by atoms with Gasteiger partial charge in [-0.2, -0.15) is 14.9 Å². The highest BCUT2D eigenvalue weighted by Gasteiger charge is 2.48. The maximum atomic E-state index is 14.0. The molecule has 0 radical (unpaired) electrons. The Hall–Kier alpha value is -4.57. The average Bonchev–Trinajstić information content (AvgIpc) is 3.60. The smallest absolute Gasteiger partial charge is 0.213 e. The zero-order valence-electron chi connectivity index (χ0n) is 24.2. The molecule has 0 saturated heterocycles. The van der Waals surface area contributed by atoms with Crippen molar-refractivity contribution in [3.05, 3.63) is 70.7 Å². The van der Waals surface area contributed by atoms with Gasteiger partial charge in [0.25, 0.3) is 0 Å². The lowest BCUT2D eigenvalue weighted by Crippen LogP contribution is -2.24. The fraction of sp³-hybridized carbons (Fsp3) is 0.419. The summed E-state index contributed by atoms with van der Waals surface area (Å²) in [6, 6.07) is 10.6. The van der Waals surface area contributed by atoms with E-state index >= 15 is 0 Å². The Balaban J connectivity index is 1.63. The summed E-state index contributed by atoms with van der Waals surface area (Å²) in [5.74, 6) is -0.162. The lowest BCUT2D eigenvalue weighted by molar-refractivity contribution is 0.313. The second-order valence-electron chi connectivity index (χ2n) is 12.3. The third kappa shape index (κ3) is 5.43. The van der Waals surface area contributed by atoms with Gasteiger partial charge in [-0.3, -0.25) is 4.98 Å². The molecule has 10 heteroatoms. The predicted molar refractivity (Wildman–Crippen MR) is 156 cm³/mol. The number of anilines is 2. The van der Waals surface area contributed by atoms with Crippen molar-refractivity contribution < 1.29 is 4.39 Å². The molecular weight excluding hydrogens is 517 g/mol. The van der Waals surface area contributed by atoms with Crippen molar-refractivity contribution in [1.82, 2.24) is 25.0 Å². The van der Waals surface area contributed by atoms with E-state index in [4.69, 9.17) is 0 Å². The summed E-state index contributed by atoms with van der Waals surface area (Å²) < 4.78 is 16.0. The van der Waals surface area contributed by atoms with Gasteiger partial charge in [0.2, 0.25) is 5.95 Å². The van der Waals surface area contributed by atoms with Crippen molar-refractivity contribution >= 4 is 22.3 Å². The number of hydrogen-bond acceptors (Lipinski definition) is 8. The van der Waals surface area contributed by atoms with Crippen LogP contribution in [-0.2, 0) is 5.54 Å². The molecule has 0 bridgehead atoms. The van der Waals surface area contributed by atoms with E-state index in [9.17, 15) is 14.9 Å². The second kappa shape index (κ2) is 10.4. The van der Waals surface area contributed by atoms with Crippen molar-refractivity contribution in [3.8, 4) is 12.1 Å². The molecule has 3 heterocycles. The largest absolute Gasteiger partial charge is 0.383 e. The van der Waals surface area contributed by atoms with Gasteiger partial charge in [0.1, 0.15) is 17.8 Å². The quantitative estimate of drug-likeness (QED) is 0.247. The van der Waals surface area contributed by atoms with Crippen LogP contribution in [0.5, 0.6) is 0 Å². The van der Waals surface area contributed by atoms with Crippen LogP contribution in [-0.4, -0.2) is 31.5 Å². The van der Waals surface area contributed by atoms with Crippen molar-refractivity contribution in [3.63, 3.8) is 0 Å². The molecule has 4 aromatic rings. The van der Waals surface area contributed by atoms with Gasteiger partial charge in [0, 0.05) is 35.1 Å². The van der Waals surface area contributed by atoms with Crippen LogP contribution in [0.25, 0.3) is 10.9 Å². The van der Waals surface area contributed by atoms with E-state index in [1.54, 1.807) is 19.1 Å². The predicted octanol–water partition coefficient (Wildman–Crippen LogP) is 6.22. The molecule has 9 nitrogen and oxygen atoms in total. The first-order chi connectivity index (χ1) is 19.5. The van der Waals surface area contributed by atoms with E-state index in [-0.39, 0.29) is 11.0 Å². The van der Waals surface area contributed by atoms with E-state index in [0.29, 0.717) is 57.3 Å². The number of aryl methyl sites for hydroxylation is 1. The van der Waals surface area contributed by atoms with Crippen LogP contribution in [0.2, 0.25) is 0 Å². The highest BCUT2D eigenvalue weighted by atomic mass is 19.1. The van der Waals surface area contributed by atoms with Crippen molar-refractivity contribution in [1.29, 1.82) is 10.5 Å². The summed E-state index contributed by atoms with van der Waals surface area (Å²) in [4.78, 5) is 8.51. The number of nitrogens with zero attached hydrogens (tertiary/aromatic N) is 7. The Morgan fingerprint density at radius 1 is 1.12 bits per heavy atom. The van der Waals surface area contributed by atoms with Crippen molar-refractivity contribution in [2.24, 2.45) is 11.3 Å². The number of hydrogen-bond donors (Lipinski definition) is 2. The highest BCUT2D eigenvalue weighted by molar-refractivity contribution is 5.99. The summed E-state index contributed by atoms with van der Waals surface area (Å²) in [7, 11) is 0. The maximum absolute atomic E-state index is 14.0. The van der Waals surface area contributed by atoms with Crippen LogP contribution >= 0.6 is 0 Å². The van der Waals surface area contributed by atoms with Crippen LogP contribution in [0.15, 0.2) is 36.7 Å². The topological polar surface area (TPSA) is 128 Å². The summed E-state index contributed by atoms with van der Waals surface area (Å²) >= 11 is 0. The Bertz CT molecular complexity index is 1700. The Kier molecular flexibility index (Phi) is 7.12. The molecule has 3 aromatic heterocycles. The fourth-order valence-electron chi connectivity index (χ4n) is 5.25. The Labute approximate surface area is 239 Å². The molecule has 210 valence electrons. The third-order valence-electron chi connectivity index (χ3n) is 7.82. The van der Waals surface area contributed by atoms with Crippen LogP contribution in [0.1, 0.15) is 81.6 Å². The van der Waals surface area contributed by atoms with Gasteiger partial charge in [-0.15, -0.1) is 5.10 Å². The zero-order chi connectivity index (χ0) is 29.5. The van der Waals surface area contributed by atoms with Gasteiger partial charge < -0.3 is 10.6 Å². The minimum Gasteiger partial charge on any atom is -0.383 e. The molecule has 41 heavy (non-hydrogen) atoms. The molecule has 5 rings (SSSR count). The Morgan fingerprint density at radius 3 is 2.46 bits per heavy atom. The average molecular weight is 552 g/mol. The van der Waals surface area contributed by atoms with E-state index in [1.165, 1.54) is 12.3 Å². The molecule has 1 saturated carbocycles. The molecular formula is C31H34FN9. The molecule has 1 aliphatic rings. The summed E-state index contributed by atoms with van der Waals surface area (Å²) in [6.07, 6.45) is 5.53. The van der Waals surface area contributed by atoms with Gasteiger partial charge in [-0.25, -0.2) is 9.67 Å². The van der Waals surface area contributed by atoms with Gasteiger partial charge in [-0.1, -0.05) is 45.9 Å². The van der Waals surface area contributed by atoms with Gasteiger partial charge in [0.05, 0.1) is 40.1 Å². The normalized spacial score (nSPS) is 14.9. The second-order valence-corrected chi connectivity index (χ2v) is 12.3. The number of rotatable bonds is 8. The SMILES string of the molecule is Cc1nc(F)ccc1[C@H](Nc1cc(C#N)c2ncc(C#N)c(NCC(C)(C)C)c2c1)c1cn(C2(C(C)C)CC2)nn1. The molecule has 0 aliphatic heterocycles. The minimum atomic E-state index is -0.562. The first-order valence-corrected chi connectivity index (χ1v) is 13.8. The number of nitriles is 2. The summed E-state index contributed by atoms with van der Waals surface area (Å²) in [5, 5.41) is 36.5. The van der Waals surface area contributed by atoms with E-state index in [0.717, 1.165) is 18.4 Å². The molecule has 1 aromatic carbocycles. The van der Waals surface area contributed by atoms with E-state index in [2.05, 4.69) is 77.7 Å². The minimum absolute atomic E-state index is 0.0458. The number of fused-ring (bicyclic) bond motifs is 1. The van der Waals surface area contributed by atoms with Gasteiger partial charge in [0.15, 0.2) is 0 Å². The third-order valence-corrected chi connectivity index (χ3v) is 7.82. The van der Waals surface area contributed by atoms with E-state index < -0.39 is 12.0 Å². The molecule has 1 fully saturated rings. The molecule has 0 unspecified atom stereocenters. The standard InChI is InChI=1S/C31H34FN9/c1-18(2)31(9-10-31)41-16-25(39-40-41)29(23-7-8-26(32)37-19(23)3)38-22-11-20(13-33)27-24(12-22)28(21(14-34)15-35-27)36-17-30(4,5)6/h7-8,11-12,15-16,18,29,38H,9-10,17H2,1-6H3,(H,35,36)/t29-/m0/s1. The molecule has 0 spiro atoms. The molecule has 1 aliphatic carbocycles. The lowest BCUT2D eigenvalue weighted by atomic mass is 9.96. The fourth-order valence-corrected chi connectivity index (χ4v) is 5.25. The molecule has 0 amide bonds. The van der Waals surface area contributed by atoms with Crippen LogP contribution in [0.4, 0.5) is 15.8 Å². The molecule has 1 atom stereocenters. The maximum Gasteiger partial charge on any atom is 0.213 e. The Morgan fingerprint density at radius 2 is 1.85 bits per heavy atom. The van der Waals surface area contributed by atoms with Crippen LogP contribution in [0, 0.1) is 46.9 Å². The number of nitrogens with one attached hydrogen (secondary N) is 2. The molecule has 2 N–H and O–H groups in total. The van der Waals surface area contributed by atoms with Crippen LogP contribution in [0.3, 0.4) is 0 Å². The first kappa shape index (κ1) is 28.0. The highest BCUT2D eigenvalue weighted by Crippen LogP contribution is 2.49. The first-order valence-electron chi connectivity index (χ1n) is 13.8. The van der Waals surface area contributed by atoms with Crippen molar-refractivity contribution in [2.45, 2.75) is 66.0 Å². The zero-order valence-corrected chi connectivity index (χ0v) is 24.2. The number of halogens is 1. The lowest BCUT2D eigenvalue weighted by Gasteiger charge is -2.23.